The zero-order valence-corrected chi connectivity index (χ0v) is 12.4. The van der Waals surface area contributed by atoms with E-state index in [4.69, 9.17) is 0 Å². The van der Waals surface area contributed by atoms with Crippen LogP contribution in [-0.4, -0.2) is 31.3 Å². The lowest BCUT2D eigenvalue weighted by Gasteiger charge is -2.20. The van der Waals surface area contributed by atoms with Crippen LogP contribution in [0.4, 0.5) is 0 Å². The Morgan fingerprint density at radius 1 is 1.25 bits per heavy atom. The number of benzene rings is 1. The predicted molar refractivity (Wildman–Crippen MR) is 80.4 cm³/mol. The molecule has 1 rings (SSSR count). The van der Waals surface area contributed by atoms with Gasteiger partial charge in [-0.25, -0.2) is 0 Å². The number of likely N-dealkylation sites (N-methyl/N-ethyl adjacent to an activating group) is 1. The first kappa shape index (κ1) is 16.4. The Morgan fingerprint density at radius 3 is 2.40 bits per heavy atom. The topological polar surface area (TPSA) is 58.2 Å². The number of carbonyl (C=O) groups is 2. The highest BCUT2D eigenvalue weighted by Crippen LogP contribution is 2.06. The third kappa shape index (κ3) is 5.53. The van der Waals surface area contributed by atoms with Crippen molar-refractivity contribution < 1.29 is 9.59 Å². The average Bonchev–Trinajstić information content (AvgIpc) is 2.44. The molecule has 0 bridgehead atoms. The summed E-state index contributed by atoms with van der Waals surface area (Å²) in [7, 11) is 1.76. The van der Waals surface area contributed by atoms with E-state index in [-0.39, 0.29) is 11.9 Å². The van der Waals surface area contributed by atoms with Crippen molar-refractivity contribution in [3.63, 3.8) is 0 Å². The Bertz CT molecular complexity index is 418. The summed E-state index contributed by atoms with van der Waals surface area (Å²) < 4.78 is 0. The molecule has 0 aliphatic carbocycles. The van der Waals surface area contributed by atoms with E-state index < -0.39 is 6.04 Å². The van der Waals surface area contributed by atoms with E-state index in [1.54, 1.807) is 7.05 Å². The van der Waals surface area contributed by atoms with Crippen molar-refractivity contribution in [1.29, 1.82) is 0 Å². The molecule has 1 unspecified atom stereocenters. The van der Waals surface area contributed by atoms with Gasteiger partial charge in [-0.15, -0.1) is 0 Å². The molecule has 0 aliphatic rings. The molecule has 20 heavy (non-hydrogen) atoms. The normalized spacial score (nSPS) is 13.8. The molecule has 0 aromatic heterocycles. The van der Waals surface area contributed by atoms with Crippen LogP contribution >= 0.6 is 0 Å². The van der Waals surface area contributed by atoms with Crippen molar-refractivity contribution in [2.45, 2.75) is 38.8 Å². The minimum atomic E-state index is -0.408. The molecule has 0 heterocycles. The molecular weight excluding hydrogens is 252 g/mol. The lowest BCUT2D eigenvalue weighted by molar-refractivity contribution is -0.125. The first-order valence-electron chi connectivity index (χ1n) is 7.03. The predicted octanol–water partition coefficient (Wildman–Crippen LogP) is 1.55. The van der Waals surface area contributed by atoms with E-state index in [9.17, 15) is 9.59 Å². The second-order valence-electron chi connectivity index (χ2n) is 5.41. The van der Waals surface area contributed by atoms with Crippen LogP contribution in [0.25, 0.3) is 0 Å². The summed E-state index contributed by atoms with van der Waals surface area (Å²) in [5, 5.41) is 5.80. The van der Waals surface area contributed by atoms with Crippen LogP contribution in [-0.2, 0) is 16.0 Å². The maximum atomic E-state index is 12.2. The fraction of sp³-hybridized carbons (Fsp3) is 0.500. The zero-order valence-electron chi connectivity index (χ0n) is 12.4. The molecule has 0 fully saturated rings. The third-order valence-corrected chi connectivity index (χ3v) is 3.16. The van der Waals surface area contributed by atoms with E-state index in [1.165, 1.54) is 0 Å². The fourth-order valence-corrected chi connectivity index (χ4v) is 2.12. The monoisotopic (exact) mass is 276 g/mol. The Morgan fingerprint density at radius 2 is 1.90 bits per heavy atom. The standard InChI is InChI=1S/C16H24N2O2/c1-12(2)9-14(11-19)18-16(20)15(17-3)10-13-7-5-4-6-8-13/h4-8,11-12,14-15,17H,9-10H2,1-3H3,(H,18,20)/t14?,15-/m1/s1. The van der Waals surface area contributed by atoms with Crippen LogP contribution in [0.3, 0.4) is 0 Å². The van der Waals surface area contributed by atoms with Crippen LogP contribution in [0, 0.1) is 5.92 Å². The highest BCUT2D eigenvalue weighted by molar-refractivity contribution is 5.84. The third-order valence-electron chi connectivity index (χ3n) is 3.16. The molecule has 4 nitrogen and oxygen atoms in total. The van der Waals surface area contributed by atoms with Gasteiger partial charge in [0.05, 0.1) is 12.1 Å². The molecular formula is C16H24N2O2. The summed E-state index contributed by atoms with van der Waals surface area (Å²) in [6, 6.07) is 9.09. The Labute approximate surface area is 121 Å². The van der Waals surface area contributed by atoms with Crippen LogP contribution in [0.5, 0.6) is 0 Å². The summed E-state index contributed by atoms with van der Waals surface area (Å²) in [6.07, 6.45) is 2.08. The molecule has 0 saturated carbocycles. The molecule has 0 aliphatic heterocycles. The van der Waals surface area contributed by atoms with Gasteiger partial charge in [-0.3, -0.25) is 4.79 Å². The molecule has 0 saturated heterocycles. The van der Waals surface area contributed by atoms with Gasteiger partial charge in [0.1, 0.15) is 6.29 Å². The summed E-state index contributed by atoms with van der Waals surface area (Å²) in [5.74, 6) is 0.238. The second kappa shape index (κ2) is 8.48. The Kier molecular flexibility index (Phi) is 6.94. The minimum absolute atomic E-state index is 0.130. The number of nitrogens with one attached hydrogen (secondary N) is 2. The largest absolute Gasteiger partial charge is 0.345 e. The number of carbonyl (C=O) groups excluding carboxylic acids is 2. The van der Waals surface area contributed by atoms with Gasteiger partial charge >= 0.3 is 0 Å². The van der Waals surface area contributed by atoms with Crippen molar-refractivity contribution in [3.8, 4) is 0 Å². The Hall–Kier alpha value is -1.68. The van der Waals surface area contributed by atoms with Gasteiger partial charge in [-0.2, -0.15) is 0 Å². The molecule has 2 atom stereocenters. The highest BCUT2D eigenvalue weighted by atomic mass is 16.2. The van der Waals surface area contributed by atoms with Gasteiger partial charge < -0.3 is 15.4 Å². The van der Waals surface area contributed by atoms with Crippen molar-refractivity contribution >= 4 is 12.2 Å². The average molecular weight is 276 g/mol. The maximum Gasteiger partial charge on any atom is 0.238 e. The summed E-state index contributed by atoms with van der Waals surface area (Å²) in [4.78, 5) is 23.2. The van der Waals surface area contributed by atoms with Gasteiger partial charge in [0.15, 0.2) is 0 Å². The SMILES string of the molecule is CN[C@H](Cc1ccccc1)C(=O)NC(C=O)CC(C)C. The number of aldehydes is 1. The minimum Gasteiger partial charge on any atom is -0.345 e. The number of amides is 1. The summed E-state index contributed by atoms with van der Waals surface area (Å²) in [5.41, 5.74) is 1.09. The first-order valence-corrected chi connectivity index (χ1v) is 7.03. The van der Waals surface area contributed by atoms with Gasteiger partial charge in [0, 0.05) is 0 Å². The van der Waals surface area contributed by atoms with Crippen molar-refractivity contribution in [2.75, 3.05) is 7.05 Å². The van der Waals surface area contributed by atoms with Gasteiger partial charge in [-0.1, -0.05) is 44.2 Å². The fourth-order valence-electron chi connectivity index (χ4n) is 2.12. The molecule has 4 heteroatoms. The molecule has 110 valence electrons. The Balaban J connectivity index is 2.60. The smallest absolute Gasteiger partial charge is 0.238 e. The first-order chi connectivity index (χ1) is 9.56. The van der Waals surface area contributed by atoms with E-state index in [2.05, 4.69) is 10.6 Å². The lowest BCUT2D eigenvalue weighted by atomic mass is 10.0. The van der Waals surface area contributed by atoms with Gasteiger partial charge in [-0.05, 0) is 31.4 Å². The number of rotatable bonds is 8. The van der Waals surface area contributed by atoms with Crippen molar-refractivity contribution in [2.24, 2.45) is 5.92 Å². The van der Waals surface area contributed by atoms with E-state index >= 15 is 0 Å². The van der Waals surface area contributed by atoms with Gasteiger partial charge in [0.2, 0.25) is 5.91 Å². The van der Waals surface area contributed by atoms with Crippen LogP contribution in [0.2, 0.25) is 0 Å². The van der Waals surface area contributed by atoms with Gasteiger partial charge in [0.25, 0.3) is 0 Å². The maximum absolute atomic E-state index is 12.2. The van der Waals surface area contributed by atoms with Crippen LogP contribution < -0.4 is 10.6 Å². The molecule has 2 N–H and O–H groups in total. The highest BCUT2D eigenvalue weighted by Gasteiger charge is 2.20. The quantitative estimate of drug-likeness (QED) is 0.708. The van der Waals surface area contributed by atoms with Crippen LogP contribution in [0.1, 0.15) is 25.8 Å². The number of hydrogen-bond acceptors (Lipinski definition) is 3. The second-order valence-corrected chi connectivity index (χ2v) is 5.41. The lowest BCUT2D eigenvalue weighted by Crippen LogP contribution is -2.48. The van der Waals surface area contributed by atoms with E-state index in [0.717, 1.165) is 11.8 Å². The molecule has 1 aromatic rings. The van der Waals surface area contributed by atoms with E-state index in [1.807, 2.05) is 44.2 Å². The van der Waals surface area contributed by atoms with Crippen molar-refractivity contribution in [1.82, 2.24) is 10.6 Å². The van der Waals surface area contributed by atoms with Crippen molar-refractivity contribution in [3.05, 3.63) is 35.9 Å². The van der Waals surface area contributed by atoms with E-state index in [0.29, 0.717) is 18.8 Å². The summed E-state index contributed by atoms with van der Waals surface area (Å²) >= 11 is 0. The molecule has 1 aromatic carbocycles. The zero-order chi connectivity index (χ0) is 15.0. The molecule has 1 amide bonds. The summed E-state index contributed by atoms with van der Waals surface area (Å²) in [6.45, 7) is 4.06. The van der Waals surface area contributed by atoms with Crippen LogP contribution in [0.15, 0.2) is 30.3 Å². The number of hydrogen-bond donors (Lipinski definition) is 2. The molecule has 0 spiro atoms. The molecule has 0 radical (unpaired) electrons.